The van der Waals surface area contributed by atoms with Gasteiger partial charge in [0, 0.05) is 25.7 Å². The van der Waals surface area contributed by atoms with Crippen LogP contribution in [0.2, 0.25) is 0 Å². The molecule has 0 saturated carbocycles. The van der Waals surface area contributed by atoms with Crippen LogP contribution in [0.4, 0.5) is 0 Å². The summed E-state index contributed by atoms with van der Waals surface area (Å²) in [5.74, 6) is -1.11. The van der Waals surface area contributed by atoms with Crippen molar-refractivity contribution in [2.45, 2.75) is 62.8 Å². The van der Waals surface area contributed by atoms with Gasteiger partial charge in [0.2, 0.25) is 11.8 Å². The number of amides is 2. The summed E-state index contributed by atoms with van der Waals surface area (Å²) in [7, 11) is 0. The fraction of sp³-hybridized carbons (Fsp3) is 0.224. The van der Waals surface area contributed by atoms with Crippen molar-refractivity contribution in [1.29, 1.82) is 0 Å². The third kappa shape index (κ3) is 9.84. The van der Waals surface area contributed by atoms with E-state index < -0.39 is 40.5 Å². The van der Waals surface area contributed by atoms with Crippen LogP contribution in [0.5, 0.6) is 0 Å². The molecule has 0 aliphatic heterocycles. The second kappa shape index (κ2) is 17.5. The maximum absolute atomic E-state index is 14.6. The molecular weight excluding hydrogens is 681 g/mol. The van der Waals surface area contributed by atoms with E-state index in [4.69, 9.17) is 0 Å². The number of nitrogens with one attached hydrogen (secondary N) is 2. The van der Waals surface area contributed by atoms with E-state index in [9.17, 15) is 19.8 Å². The predicted octanol–water partition coefficient (Wildman–Crippen LogP) is 8.16. The lowest BCUT2D eigenvalue weighted by Crippen LogP contribution is -2.57. The molecule has 6 aromatic carbocycles. The highest BCUT2D eigenvalue weighted by molar-refractivity contribution is 6.04. The molecule has 2 unspecified atom stereocenters. The Kier molecular flexibility index (Phi) is 12.4. The van der Waals surface area contributed by atoms with Crippen LogP contribution >= 0.6 is 0 Å². The van der Waals surface area contributed by atoms with Gasteiger partial charge >= 0.3 is 0 Å². The van der Waals surface area contributed by atoms with Crippen LogP contribution in [-0.2, 0) is 35.3 Å². The molecule has 6 heteroatoms. The Morgan fingerprint density at radius 1 is 0.418 bits per heavy atom. The fourth-order valence-electron chi connectivity index (χ4n) is 7.40. The predicted molar refractivity (Wildman–Crippen MR) is 219 cm³/mol. The number of carbonyl (C=O) groups excluding carboxylic acids is 2. The van der Waals surface area contributed by atoms with Gasteiger partial charge in [0.1, 0.15) is 5.41 Å². The van der Waals surface area contributed by atoms with E-state index in [1.165, 1.54) is 0 Å². The second-order valence-electron chi connectivity index (χ2n) is 15.1. The molecule has 55 heavy (non-hydrogen) atoms. The minimum absolute atomic E-state index is 0.247. The molecule has 2 atom stereocenters. The smallest absolute Gasteiger partial charge is 0.235 e. The summed E-state index contributed by atoms with van der Waals surface area (Å²) < 4.78 is 0. The number of carbonyl (C=O) groups is 2. The maximum atomic E-state index is 14.6. The monoisotopic (exact) mass is 730 g/mol. The fourth-order valence-corrected chi connectivity index (χ4v) is 7.40. The molecule has 0 aromatic heterocycles. The summed E-state index contributed by atoms with van der Waals surface area (Å²) in [6.07, 6.45) is 0.989. The first-order chi connectivity index (χ1) is 26.6. The Labute approximate surface area is 324 Å². The van der Waals surface area contributed by atoms with Crippen LogP contribution in [0.1, 0.15) is 59.3 Å². The lowest BCUT2D eigenvalue weighted by atomic mass is 9.77. The first-order valence-electron chi connectivity index (χ1n) is 18.9. The molecule has 0 radical (unpaired) electrons. The zero-order valence-electron chi connectivity index (χ0n) is 31.5. The van der Waals surface area contributed by atoms with Gasteiger partial charge in [-0.05, 0) is 47.2 Å². The van der Waals surface area contributed by atoms with Crippen LogP contribution < -0.4 is 10.6 Å². The molecule has 0 fully saturated rings. The maximum Gasteiger partial charge on any atom is 0.235 e. The van der Waals surface area contributed by atoms with Crippen molar-refractivity contribution in [3.8, 4) is 0 Å². The summed E-state index contributed by atoms with van der Waals surface area (Å²) in [5, 5.41) is 31.9. The molecule has 0 spiro atoms. The zero-order chi connectivity index (χ0) is 38.7. The topological polar surface area (TPSA) is 98.7 Å². The molecule has 280 valence electrons. The third-order valence-corrected chi connectivity index (χ3v) is 10.4. The van der Waals surface area contributed by atoms with Gasteiger partial charge in [-0.15, -0.1) is 0 Å². The Morgan fingerprint density at radius 3 is 0.873 bits per heavy atom. The van der Waals surface area contributed by atoms with Gasteiger partial charge in [0.05, 0.1) is 23.3 Å². The van der Waals surface area contributed by atoms with Gasteiger partial charge in [0.15, 0.2) is 0 Å². The third-order valence-electron chi connectivity index (χ3n) is 10.4. The molecule has 0 aliphatic carbocycles. The first-order valence-corrected chi connectivity index (χ1v) is 18.9. The summed E-state index contributed by atoms with van der Waals surface area (Å²) in [6.45, 7) is 3.17. The van der Waals surface area contributed by atoms with Crippen molar-refractivity contribution in [2.75, 3.05) is 0 Å². The number of benzene rings is 6. The van der Waals surface area contributed by atoms with Crippen LogP contribution in [0.3, 0.4) is 0 Å². The molecule has 0 bridgehead atoms. The first kappa shape index (κ1) is 38.9. The van der Waals surface area contributed by atoms with Crippen LogP contribution in [-0.4, -0.2) is 33.2 Å². The molecule has 6 rings (SSSR count). The van der Waals surface area contributed by atoms with Crippen molar-refractivity contribution >= 4 is 11.8 Å². The second-order valence-corrected chi connectivity index (χ2v) is 15.1. The summed E-state index contributed by atoms with van der Waals surface area (Å²) in [6, 6.07) is 56.0. The van der Waals surface area contributed by atoms with Gasteiger partial charge in [-0.3, -0.25) is 9.59 Å². The van der Waals surface area contributed by atoms with E-state index in [1.807, 2.05) is 182 Å². The Bertz CT molecular complexity index is 1860. The number of hydrogen-bond donors (Lipinski definition) is 4. The molecule has 0 heterocycles. The molecular formula is C49H50N2O4. The quantitative estimate of drug-likeness (QED) is 0.0756. The molecule has 0 saturated heterocycles. The van der Waals surface area contributed by atoms with E-state index in [0.717, 1.165) is 22.3 Å². The lowest BCUT2D eigenvalue weighted by Gasteiger charge is -2.41. The van der Waals surface area contributed by atoms with Crippen molar-refractivity contribution in [3.63, 3.8) is 0 Å². The molecule has 2 amide bonds. The summed E-state index contributed by atoms with van der Waals surface area (Å²) in [4.78, 5) is 29.3. The average Bonchev–Trinajstić information content (AvgIpc) is 3.20. The SMILES string of the molecule is CC(C)(C(=O)NC(c1ccccc1)C(O)(Cc1ccccc1)Cc1ccccc1)C(=O)NC(c1ccccc1)C(O)(Cc1ccccc1)Cc1ccccc1. The van der Waals surface area contributed by atoms with E-state index in [1.54, 1.807) is 13.8 Å². The van der Waals surface area contributed by atoms with E-state index in [-0.39, 0.29) is 25.7 Å². The van der Waals surface area contributed by atoms with Gasteiger partial charge < -0.3 is 20.8 Å². The van der Waals surface area contributed by atoms with Crippen LogP contribution in [0.25, 0.3) is 0 Å². The standard InChI is InChI=1S/C49H50N2O4/c1-47(2,45(52)50-43(41-29-17-7-18-30-41)48(54,33-37-21-9-3-10-22-37)34-38-23-11-4-12-24-38)46(53)51-44(42-31-19-8-20-32-42)49(55,35-39-25-13-5-14-26-39)36-40-27-15-6-16-28-40/h3-32,43-44,54-55H,33-36H2,1-2H3,(H,50,52)(H,51,53). The normalized spacial score (nSPS) is 13.0. The van der Waals surface area contributed by atoms with Gasteiger partial charge in [-0.25, -0.2) is 0 Å². The number of rotatable bonds is 16. The summed E-state index contributed by atoms with van der Waals surface area (Å²) >= 11 is 0. The minimum Gasteiger partial charge on any atom is -0.387 e. The Hall–Kier alpha value is -5.82. The minimum atomic E-state index is -1.62. The molecule has 6 nitrogen and oxygen atoms in total. The lowest BCUT2D eigenvalue weighted by molar-refractivity contribution is -0.145. The largest absolute Gasteiger partial charge is 0.387 e. The number of hydrogen-bond acceptors (Lipinski definition) is 4. The van der Waals surface area contributed by atoms with Crippen molar-refractivity contribution in [3.05, 3.63) is 215 Å². The molecule has 0 aliphatic rings. The Morgan fingerprint density at radius 2 is 0.636 bits per heavy atom. The molecule has 4 N–H and O–H groups in total. The van der Waals surface area contributed by atoms with Crippen LogP contribution in [0.15, 0.2) is 182 Å². The van der Waals surface area contributed by atoms with Crippen molar-refractivity contribution in [2.24, 2.45) is 5.41 Å². The van der Waals surface area contributed by atoms with Gasteiger partial charge in [0.25, 0.3) is 0 Å². The average molecular weight is 731 g/mol. The van der Waals surface area contributed by atoms with Crippen molar-refractivity contribution < 1.29 is 19.8 Å². The van der Waals surface area contributed by atoms with E-state index in [0.29, 0.717) is 11.1 Å². The van der Waals surface area contributed by atoms with Crippen molar-refractivity contribution in [1.82, 2.24) is 10.6 Å². The highest BCUT2D eigenvalue weighted by Gasteiger charge is 2.46. The summed E-state index contributed by atoms with van der Waals surface area (Å²) in [5.41, 5.74) is 0.484. The highest BCUT2D eigenvalue weighted by atomic mass is 16.3. The van der Waals surface area contributed by atoms with Gasteiger partial charge in [-0.1, -0.05) is 182 Å². The number of aliphatic hydroxyl groups is 2. The van der Waals surface area contributed by atoms with E-state index in [2.05, 4.69) is 10.6 Å². The van der Waals surface area contributed by atoms with Gasteiger partial charge in [-0.2, -0.15) is 0 Å². The molecule has 6 aromatic rings. The zero-order valence-corrected chi connectivity index (χ0v) is 31.5. The van der Waals surface area contributed by atoms with E-state index >= 15 is 0 Å². The Balaban J connectivity index is 1.35. The van der Waals surface area contributed by atoms with Crippen LogP contribution in [0, 0.1) is 5.41 Å². The highest BCUT2D eigenvalue weighted by Crippen LogP contribution is 2.37.